The maximum Gasteiger partial charge on any atom is 0.267 e. The summed E-state index contributed by atoms with van der Waals surface area (Å²) in [6.45, 7) is 4.46. The number of nitrogens with one attached hydrogen (secondary N) is 1. The van der Waals surface area contributed by atoms with E-state index in [1.807, 2.05) is 0 Å². The number of benzene rings is 2. The molecule has 1 N–H and O–H groups in total. The Labute approximate surface area is 159 Å². The molecule has 27 heavy (non-hydrogen) atoms. The highest BCUT2D eigenvalue weighted by atomic mass is 16.5. The van der Waals surface area contributed by atoms with Crippen molar-refractivity contribution in [2.45, 2.75) is 32.8 Å². The fraction of sp³-hybridized carbons (Fsp3) is 0.333. The number of amides is 2. The summed E-state index contributed by atoms with van der Waals surface area (Å²) in [4.78, 5) is 26.8. The number of fused-ring (bicyclic) bond motifs is 1. The Morgan fingerprint density at radius 3 is 2.81 bits per heavy atom. The summed E-state index contributed by atoms with van der Waals surface area (Å²) in [6.07, 6.45) is 1.38. The van der Waals surface area contributed by atoms with E-state index in [0.717, 1.165) is 12.8 Å². The SMILES string of the molecule is CCCCN1C(=O)C(C)Oc2ccc(NC(=O)c3cccc(OC)c3)cc21. The number of carbonyl (C=O) groups excluding carboxylic acids is 2. The molecule has 3 rings (SSSR count). The van der Waals surface area contributed by atoms with Gasteiger partial charge in [0.05, 0.1) is 12.8 Å². The fourth-order valence-corrected chi connectivity index (χ4v) is 3.00. The number of nitrogens with zero attached hydrogens (tertiary/aromatic N) is 1. The molecular formula is C21H24N2O4. The highest BCUT2D eigenvalue weighted by Gasteiger charge is 2.31. The molecule has 0 aromatic heterocycles. The third kappa shape index (κ3) is 4.05. The third-order valence-electron chi connectivity index (χ3n) is 4.49. The van der Waals surface area contributed by atoms with Crippen LogP contribution in [0.25, 0.3) is 0 Å². The van der Waals surface area contributed by atoms with Crippen LogP contribution in [0.15, 0.2) is 42.5 Å². The monoisotopic (exact) mass is 368 g/mol. The highest BCUT2D eigenvalue weighted by molar-refractivity contribution is 6.06. The average Bonchev–Trinajstić information content (AvgIpc) is 2.69. The van der Waals surface area contributed by atoms with Gasteiger partial charge in [0.15, 0.2) is 6.10 Å². The minimum Gasteiger partial charge on any atom is -0.497 e. The predicted molar refractivity (Wildman–Crippen MR) is 105 cm³/mol. The molecule has 0 radical (unpaired) electrons. The quantitative estimate of drug-likeness (QED) is 0.841. The van der Waals surface area contributed by atoms with Crippen LogP contribution in [0, 0.1) is 0 Å². The first-order valence-corrected chi connectivity index (χ1v) is 9.11. The first-order valence-electron chi connectivity index (χ1n) is 9.11. The Balaban J connectivity index is 1.85. The number of hydrogen-bond acceptors (Lipinski definition) is 4. The van der Waals surface area contributed by atoms with E-state index in [-0.39, 0.29) is 11.8 Å². The van der Waals surface area contributed by atoms with Crippen LogP contribution in [-0.4, -0.2) is 31.6 Å². The van der Waals surface area contributed by atoms with Crippen LogP contribution in [-0.2, 0) is 4.79 Å². The van der Waals surface area contributed by atoms with Crippen molar-refractivity contribution in [3.63, 3.8) is 0 Å². The molecule has 2 aromatic rings. The molecule has 1 aliphatic rings. The van der Waals surface area contributed by atoms with Crippen molar-refractivity contribution in [3.05, 3.63) is 48.0 Å². The van der Waals surface area contributed by atoms with Crippen molar-refractivity contribution in [2.75, 3.05) is 23.9 Å². The second-order valence-corrected chi connectivity index (χ2v) is 6.47. The molecule has 1 unspecified atom stereocenters. The van der Waals surface area contributed by atoms with Crippen molar-refractivity contribution in [1.82, 2.24) is 0 Å². The Bertz CT molecular complexity index is 850. The van der Waals surface area contributed by atoms with Crippen LogP contribution in [0.5, 0.6) is 11.5 Å². The molecule has 0 bridgehead atoms. The van der Waals surface area contributed by atoms with Crippen molar-refractivity contribution in [2.24, 2.45) is 0 Å². The second kappa shape index (κ2) is 8.12. The van der Waals surface area contributed by atoms with Crippen LogP contribution >= 0.6 is 0 Å². The molecule has 2 amide bonds. The van der Waals surface area contributed by atoms with Gasteiger partial charge in [0.2, 0.25) is 0 Å². The van der Waals surface area contributed by atoms with Crippen LogP contribution in [0.1, 0.15) is 37.0 Å². The van der Waals surface area contributed by atoms with Crippen molar-refractivity contribution in [3.8, 4) is 11.5 Å². The summed E-state index contributed by atoms with van der Waals surface area (Å²) in [5.74, 6) is 0.960. The van der Waals surface area contributed by atoms with Crippen LogP contribution in [0.4, 0.5) is 11.4 Å². The molecule has 1 aliphatic heterocycles. The Morgan fingerprint density at radius 1 is 1.26 bits per heavy atom. The molecule has 0 aliphatic carbocycles. The highest BCUT2D eigenvalue weighted by Crippen LogP contribution is 2.36. The number of anilines is 2. The van der Waals surface area contributed by atoms with Crippen molar-refractivity contribution >= 4 is 23.2 Å². The molecule has 0 saturated heterocycles. The van der Waals surface area contributed by atoms with E-state index in [2.05, 4.69) is 12.2 Å². The molecule has 0 fully saturated rings. The number of carbonyl (C=O) groups is 2. The first-order chi connectivity index (χ1) is 13.0. The average molecular weight is 368 g/mol. The van der Waals surface area contributed by atoms with Crippen LogP contribution < -0.4 is 19.7 Å². The van der Waals surface area contributed by atoms with Gasteiger partial charge in [-0.2, -0.15) is 0 Å². The van der Waals surface area contributed by atoms with E-state index >= 15 is 0 Å². The van der Waals surface area contributed by atoms with Crippen LogP contribution in [0.2, 0.25) is 0 Å². The van der Waals surface area contributed by atoms with Gasteiger partial charge in [-0.05, 0) is 49.7 Å². The number of unbranched alkanes of at least 4 members (excludes halogenated alkanes) is 1. The summed E-state index contributed by atoms with van der Waals surface area (Å²) >= 11 is 0. The summed E-state index contributed by atoms with van der Waals surface area (Å²) in [5, 5.41) is 2.87. The summed E-state index contributed by atoms with van der Waals surface area (Å²) < 4.78 is 10.9. The minimum atomic E-state index is -0.508. The lowest BCUT2D eigenvalue weighted by atomic mass is 10.1. The van der Waals surface area contributed by atoms with Gasteiger partial charge in [-0.3, -0.25) is 9.59 Å². The molecule has 0 spiro atoms. The number of rotatable bonds is 6. The third-order valence-corrected chi connectivity index (χ3v) is 4.49. The van der Waals surface area contributed by atoms with Gasteiger partial charge >= 0.3 is 0 Å². The van der Waals surface area contributed by atoms with Gasteiger partial charge in [-0.15, -0.1) is 0 Å². The fourth-order valence-electron chi connectivity index (χ4n) is 3.00. The summed E-state index contributed by atoms with van der Waals surface area (Å²) in [7, 11) is 1.56. The van der Waals surface area contributed by atoms with E-state index in [1.165, 1.54) is 0 Å². The lowest BCUT2D eigenvalue weighted by molar-refractivity contribution is -0.125. The zero-order valence-electron chi connectivity index (χ0n) is 15.8. The van der Waals surface area contributed by atoms with Gasteiger partial charge in [0.1, 0.15) is 11.5 Å². The molecule has 1 heterocycles. The van der Waals surface area contributed by atoms with Gasteiger partial charge in [0, 0.05) is 17.8 Å². The van der Waals surface area contributed by atoms with Gasteiger partial charge in [-0.25, -0.2) is 0 Å². The smallest absolute Gasteiger partial charge is 0.267 e. The predicted octanol–water partition coefficient (Wildman–Crippen LogP) is 3.86. The zero-order chi connectivity index (χ0) is 19.4. The van der Waals surface area contributed by atoms with Crippen LogP contribution in [0.3, 0.4) is 0 Å². The molecule has 6 nitrogen and oxygen atoms in total. The molecular weight excluding hydrogens is 344 g/mol. The molecule has 2 aromatic carbocycles. The van der Waals surface area contributed by atoms with E-state index in [9.17, 15) is 9.59 Å². The van der Waals surface area contributed by atoms with E-state index < -0.39 is 6.10 Å². The van der Waals surface area contributed by atoms with E-state index in [0.29, 0.717) is 35.0 Å². The normalized spacial score (nSPS) is 15.7. The lowest BCUT2D eigenvalue weighted by Gasteiger charge is -2.33. The molecule has 6 heteroatoms. The van der Waals surface area contributed by atoms with Gasteiger partial charge < -0.3 is 19.7 Å². The Morgan fingerprint density at radius 2 is 2.07 bits per heavy atom. The maximum absolute atomic E-state index is 12.5. The summed E-state index contributed by atoms with van der Waals surface area (Å²) in [6, 6.07) is 12.3. The molecule has 142 valence electrons. The summed E-state index contributed by atoms with van der Waals surface area (Å²) in [5.41, 5.74) is 1.79. The number of methoxy groups -OCH3 is 1. The van der Waals surface area contributed by atoms with Gasteiger partial charge in [0.25, 0.3) is 11.8 Å². The molecule has 0 saturated carbocycles. The van der Waals surface area contributed by atoms with E-state index in [4.69, 9.17) is 9.47 Å². The first kappa shape index (κ1) is 18.8. The largest absolute Gasteiger partial charge is 0.497 e. The maximum atomic E-state index is 12.5. The topological polar surface area (TPSA) is 67.9 Å². The van der Waals surface area contributed by atoms with Crippen molar-refractivity contribution in [1.29, 1.82) is 0 Å². The number of hydrogen-bond donors (Lipinski definition) is 1. The Kier molecular flexibility index (Phi) is 5.64. The van der Waals surface area contributed by atoms with Gasteiger partial charge in [-0.1, -0.05) is 19.4 Å². The number of ether oxygens (including phenoxy) is 2. The minimum absolute atomic E-state index is 0.0628. The lowest BCUT2D eigenvalue weighted by Crippen LogP contribution is -2.44. The van der Waals surface area contributed by atoms with Crippen molar-refractivity contribution < 1.29 is 19.1 Å². The zero-order valence-corrected chi connectivity index (χ0v) is 15.8. The second-order valence-electron chi connectivity index (χ2n) is 6.47. The molecule has 1 atom stereocenters. The Hall–Kier alpha value is -3.02. The standard InChI is InChI=1S/C21H24N2O4/c1-4-5-11-23-18-13-16(9-10-19(18)27-14(2)21(23)25)22-20(24)15-7-6-8-17(12-15)26-3/h6-10,12-14H,4-5,11H2,1-3H3,(H,22,24). The van der Waals surface area contributed by atoms with E-state index in [1.54, 1.807) is 61.4 Å².